The van der Waals surface area contributed by atoms with E-state index in [4.69, 9.17) is 0 Å². The fourth-order valence-electron chi connectivity index (χ4n) is 3.40. The number of hydrogen-bond donors (Lipinski definition) is 0. The highest BCUT2D eigenvalue weighted by molar-refractivity contribution is 6.28. The molecule has 0 atom stereocenters. The van der Waals surface area contributed by atoms with E-state index in [9.17, 15) is 9.59 Å². The topological polar surface area (TPSA) is 58.2 Å². The van der Waals surface area contributed by atoms with E-state index in [1.165, 1.54) is 6.20 Å². The van der Waals surface area contributed by atoms with E-state index in [1.807, 2.05) is 24.9 Å². The van der Waals surface area contributed by atoms with Crippen LogP contribution >= 0.6 is 0 Å². The summed E-state index contributed by atoms with van der Waals surface area (Å²) in [4.78, 5) is 34.6. The molecule has 1 aliphatic carbocycles. The third-order valence-corrected chi connectivity index (χ3v) is 4.93. The lowest BCUT2D eigenvalue weighted by Crippen LogP contribution is -2.25. The molecule has 0 saturated carbocycles. The maximum absolute atomic E-state index is 13.1. The van der Waals surface area contributed by atoms with Crippen molar-refractivity contribution in [3.05, 3.63) is 52.6 Å². The molecule has 0 aromatic carbocycles. The minimum Gasteiger partial charge on any atom is -0.343 e. The first-order valence-electron chi connectivity index (χ1n) is 8.68. The standard InChI is InChI=1S/C19H22N4O2/c1-21(2)6-4-13-12-23(10-9-22-7-8-22)17-16(13)18(24)14-3-5-20-11-15(14)19(17)25/h3,5,11-12H,4,6-10H2,1-2H3. The highest BCUT2D eigenvalue weighted by Crippen LogP contribution is 2.31. The molecule has 4 rings (SSSR count). The van der Waals surface area contributed by atoms with Crippen LogP contribution < -0.4 is 0 Å². The van der Waals surface area contributed by atoms with E-state index < -0.39 is 0 Å². The van der Waals surface area contributed by atoms with E-state index in [0.717, 1.165) is 44.7 Å². The lowest BCUT2D eigenvalue weighted by Gasteiger charge is -2.17. The molecule has 0 bridgehead atoms. The van der Waals surface area contributed by atoms with Crippen LogP contribution in [-0.2, 0) is 13.0 Å². The van der Waals surface area contributed by atoms with E-state index in [2.05, 4.69) is 14.8 Å². The first-order valence-corrected chi connectivity index (χ1v) is 8.68. The molecule has 0 amide bonds. The SMILES string of the molecule is CN(C)CCc1cn(CCN2CC2)c2c1C(=O)c1ccncc1C2=O. The van der Waals surface area contributed by atoms with Crippen LogP contribution in [0.1, 0.15) is 37.5 Å². The molecule has 0 unspecified atom stereocenters. The molecule has 2 aromatic rings. The van der Waals surface area contributed by atoms with E-state index in [0.29, 0.717) is 22.4 Å². The predicted molar refractivity (Wildman–Crippen MR) is 94.2 cm³/mol. The Hall–Kier alpha value is -2.31. The third-order valence-electron chi connectivity index (χ3n) is 4.93. The van der Waals surface area contributed by atoms with Crippen molar-refractivity contribution < 1.29 is 9.59 Å². The molecule has 25 heavy (non-hydrogen) atoms. The van der Waals surface area contributed by atoms with Crippen LogP contribution in [0.2, 0.25) is 0 Å². The van der Waals surface area contributed by atoms with Gasteiger partial charge in [-0.2, -0.15) is 0 Å². The van der Waals surface area contributed by atoms with Gasteiger partial charge in [-0.3, -0.25) is 19.5 Å². The number of carbonyl (C=O) groups excluding carboxylic acids is 2. The first-order chi connectivity index (χ1) is 12.1. The van der Waals surface area contributed by atoms with Gasteiger partial charge >= 0.3 is 0 Å². The Morgan fingerprint density at radius 1 is 1.12 bits per heavy atom. The van der Waals surface area contributed by atoms with Crippen molar-refractivity contribution in [2.45, 2.75) is 13.0 Å². The molecule has 0 N–H and O–H groups in total. The van der Waals surface area contributed by atoms with E-state index in [-0.39, 0.29) is 11.6 Å². The van der Waals surface area contributed by atoms with Crippen molar-refractivity contribution in [2.24, 2.45) is 0 Å². The summed E-state index contributed by atoms with van der Waals surface area (Å²) in [5.41, 5.74) is 3.00. The van der Waals surface area contributed by atoms with Gasteiger partial charge in [0, 0.05) is 56.9 Å². The second kappa shape index (κ2) is 6.20. The van der Waals surface area contributed by atoms with Gasteiger partial charge in [-0.15, -0.1) is 0 Å². The molecule has 0 spiro atoms. The first kappa shape index (κ1) is 16.2. The smallest absolute Gasteiger partial charge is 0.212 e. The van der Waals surface area contributed by atoms with Crippen LogP contribution in [-0.4, -0.2) is 71.2 Å². The van der Waals surface area contributed by atoms with Crippen molar-refractivity contribution in [1.82, 2.24) is 19.4 Å². The number of carbonyl (C=O) groups is 2. The van der Waals surface area contributed by atoms with Crippen molar-refractivity contribution in [2.75, 3.05) is 40.3 Å². The van der Waals surface area contributed by atoms with Gasteiger partial charge in [-0.05, 0) is 32.1 Å². The van der Waals surface area contributed by atoms with Crippen molar-refractivity contribution in [3.8, 4) is 0 Å². The summed E-state index contributed by atoms with van der Waals surface area (Å²) in [5, 5.41) is 0. The Labute approximate surface area is 147 Å². The Balaban J connectivity index is 1.77. The maximum Gasteiger partial charge on any atom is 0.212 e. The molecule has 2 aromatic heterocycles. The second-order valence-corrected chi connectivity index (χ2v) is 7.05. The lowest BCUT2D eigenvalue weighted by atomic mass is 9.87. The molecule has 6 heteroatoms. The summed E-state index contributed by atoms with van der Waals surface area (Å²) < 4.78 is 1.98. The van der Waals surface area contributed by atoms with Crippen LogP contribution in [0.25, 0.3) is 0 Å². The Kier molecular flexibility index (Phi) is 4.01. The van der Waals surface area contributed by atoms with Crippen LogP contribution in [0, 0.1) is 0 Å². The summed E-state index contributed by atoms with van der Waals surface area (Å²) in [6, 6.07) is 1.65. The molecule has 1 saturated heterocycles. The van der Waals surface area contributed by atoms with Gasteiger partial charge in [0.05, 0.1) is 11.1 Å². The van der Waals surface area contributed by atoms with Gasteiger partial charge in [-0.25, -0.2) is 0 Å². The lowest BCUT2D eigenvalue weighted by molar-refractivity contribution is 0.0972. The average molecular weight is 338 g/mol. The number of hydrogen-bond acceptors (Lipinski definition) is 5. The largest absolute Gasteiger partial charge is 0.343 e. The summed E-state index contributed by atoms with van der Waals surface area (Å²) in [6.07, 6.45) is 5.85. The van der Waals surface area contributed by atoms with Crippen LogP contribution in [0.4, 0.5) is 0 Å². The zero-order valence-electron chi connectivity index (χ0n) is 14.7. The summed E-state index contributed by atoms with van der Waals surface area (Å²) in [6.45, 7) is 4.73. The van der Waals surface area contributed by atoms with Gasteiger partial charge in [0.25, 0.3) is 0 Å². The van der Waals surface area contributed by atoms with Crippen molar-refractivity contribution in [1.29, 1.82) is 0 Å². The molecule has 0 radical (unpaired) electrons. The monoisotopic (exact) mass is 338 g/mol. The van der Waals surface area contributed by atoms with Crippen LogP contribution in [0.3, 0.4) is 0 Å². The molecule has 130 valence electrons. The minimum atomic E-state index is -0.0837. The minimum absolute atomic E-state index is 0.0498. The number of aromatic nitrogens is 2. The fraction of sp³-hybridized carbons (Fsp3) is 0.421. The number of likely N-dealkylation sites (N-methyl/N-ethyl adjacent to an activating group) is 1. The van der Waals surface area contributed by atoms with Crippen molar-refractivity contribution >= 4 is 11.6 Å². The summed E-state index contributed by atoms with van der Waals surface area (Å²) in [7, 11) is 4.02. The van der Waals surface area contributed by atoms with E-state index in [1.54, 1.807) is 12.3 Å². The number of nitrogens with zero attached hydrogens (tertiary/aromatic N) is 4. The quantitative estimate of drug-likeness (QED) is 0.630. The Morgan fingerprint density at radius 2 is 1.92 bits per heavy atom. The maximum atomic E-state index is 13.1. The third kappa shape index (κ3) is 2.92. The predicted octanol–water partition coefficient (Wildman–Crippen LogP) is 1.08. The van der Waals surface area contributed by atoms with Crippen LogP contribution in [0.15, 0.2) is 24.7 Å². The molecule has 2 aliphatic rings. The normalized spacial score (nSPS) is 16.3. The number of rotatable bonds is 6. The highest BCUT2D eigenvalue weighted by Gasteiger charge is 2.35. The van der Waals surface area contributed by atoms with Crippen LogP contribution in [0.5, 0.6) is 0 Å². The fourth-order valence-corrected chi connectivity index (χ4v) is 3.40. The van der Waals surface area contributed by atoms with Gasteiger partial charge in [0.2, 0.25) is 5.78 Å². The molecule has 3 heterocycles. The van der Waals surface area contributed by atoms with Gasteiger partial charge in [0.1, 0.15) is 5.69 Å². The molecular weight excluding hydrogens is 316 g/mol. The second-order valence-electron chi connectivity index (χ2n) is 7.05. The zero-order chi connectivity index (χ0) is 17.6. The Bertz CT molecular complexity index is 790. The van der Waals surface area contributed by atoms with Gasteiger partial charge < -0.3 is 9.47 Å². The molecule has 1 aliphatic heterocycles. The number of fused-ring (bicyclic) bond motifs is 2. The molecule has 1 fully saturated rings. The highest BCUT2D eigenvalue weighted by atomic mass is 16.1. The summed E-state index contributed by atoms with van der Waals surface area (Å²) >= 11 is 0. The number of ketones is 2. The summed E-state index contributed by atoms with van der Waals surface area (Å²) in [5.74, 6) is -0.133. The Morgan fingerprint density at radius 3 is 2.64 bits per heavy atom. The number of pyridine rings is 1. The van der Waals surface area contributed by atoms with E-state index >= 15 is 0 Å². The zero-order valence-corrected chi connectivity index (χ0v) is 14.7. The molecular formula is C19H22N4O2. The van der Waals surface area contributed by atoms with Gasteiger partial charge in [-0.1, -0.05) is 0 Å². The average Bonchev–Trinajstić information content (AvgIpc) is 3.36. The van der Waals surface area contributed by atoms with Crippen molar-refractivity contribution in [3.63, 3.8) is 0 Å². The van der Waals surface area contributed by atoms with Gasteiger partial charge in [0.15, 0.2) is 5.78 Å². The molecule has 6 nitrogen and oxygen atoms in total.